The Balaban J connectivity index is 1.35. The van der Waals surface area contributed by atoms with Gasteiger partial charge < -0.3 is 4.90 Å². The zero-order chi connectivity index (χ0) is 22.1. The van der Waals surface area contributed by atoms with Crippen molar-refractivity contribution < 1.29 is 9.18 Å². The van der Waals surface area contributed by atoms with Gasteiger partial charge in [0.25, 0.3) is 5.56 Å². The average molecular weight is 455 g/mol. The predicted octanol–water partition coefficient (Wildman–Crippen LogP) is 2.86. The van der Waals surface area contributed by atoms with Crippen molar-refractivity contribution in [2.75, 3.05) is 26.2 Å². The lowest BCUT2D eigenvalue weighted by molar-refractivity contribution is -0.118. The molecule has 2 aliphatic rings. The van der Waals surface area contributed by atoms with E-state index in [1.807, 2.05) is 11.0 Å². The zero-order valence-corrected chi connectivity index (χ0v) is 18.8. The molecule has 1 aliphatic carbocycles. The van der Waals surface area contributed by atoms with Crippen LogP contribution in [-0.2, 0) is 30.6 Å². The fraction of sp³-hybridized carbons (Fsp3) is 0.458. The molecule has 1 aromatic carbocycles. The van der Waals surface area contributed by atoms with Crippen molar-refractivity contribution in [3.05, 3.63) is 62.8 Å². The lowest BCUT2D eigenvalue weighted by Crippen LogP contribution is -2.41. The third-order valence-corrected chi connectivity index (χ3v) is 7.98. The molecule has 3 heterocycles. The van der Waals surface area contributed by atoms with E-state index in [2.05, 4.69) is 9.88 Å². The Morgan fingerprint density at radius 2 is 2.06 bits per heavy atom. The number of halogens is 1. The highest BCUT2D eigenvalue weighted by Crippen LogP contribution is 2.35. The van der Waals surface area contributed by atoms with Gasteiger partial charge in [0, 0.05) is 43.6 Å². The molecule has 168 valence electrons. The number of nitrogens with zero attached hydrogens (tertiary/aromatic N) is 4. The van der Waals surface area contributed by atoms with Crippen molar-refractivity contribution in [3.63, 3.8) is 0 Å². The second-order valence-electron chi connectivity index (χ2n) is 8.70. The molecule has 32 heavy (non-hydrogen) atoms. The summed E-state index contributed by atoms with van der Waals surface area (Å²) in [6, 6.07) is 7.15. The number of carbonyl (C=O) groups excluding carboxylic acids is 1. The largest absolute Gasteiger partial charge is 0.344 e. The molecule has 0 saturated carbocycles. The summed E-state index contributed by atoms with van der Waals surface area (Å²) in [6.07, 6.45) is 6.85. The number of aryl methyl sites for hydroxylation is 3. The molecule has 0 spiro atoms. The van der Waals surface area contributed by atoms with E-state index < -0.39 is 0 Å². The van der Waals surface area contributed by atoms with E-state index in [1.54, 1.807) is 34.4 Å². The van der Waals surface area contributed by atoms with Gasteiger partial charge in [-0.25, -0.2) is 9.37 Å². The molecular formula is C24H27FN4O2S. The van der Waals surface area contributed by atoms with Gasteiger partial charge in [-0.15, -0.1) is 11.3 Å². The van der Waals surface area contributed by atoms with Gasteiger partial charge in [-0.2, -0.15) is 0 Å². The first-order chi connectivity index (χ1) is 15.6. The van der Waals surface area contributed by atoms with E-state index in [1.165, 1.54) is 10.9 Å². The third-order valence-electron chi connectivity index (χ3n) is 6.82. The minimum absolute atomic E-state index is 0.0151. The van der Waals surface area contributed by atoms with Crippen LogP contribution in [0.1, 0.15) is 28.8 Å². The second kappa shape index (κ2) is 9.11. The maximum atomic E-state index is 14.0. The highest BCUT2D eigenvalue weighted by atomic mass is 32.1. The SMILES string of the molecule is O=CN1CCCN(C2CCc3c(sc4ncn(CCc5ccccc5F)c(=O)c34)C2)CC1. The summed E-state index contributed by atoms with van der Waals surface area (Å²) in [5.74, 6) is -0.238. The fourth-order valence-electron chi connectivity index (χ4n) is 5.02. The number of fused-ring (bicyclic) bond motifs is 3. The van der Waals surface area contributed by atoms with Crippen LogP contribution in [0.15, 0.2) is 35.4 Å². The second-order valence-corrected chi connectivity index (χ2v) is 9.78. The van der Waals surface area contributed by atoms with Crippen molar-refractivity contribution in [1.82, 2.24) is 19.4 Å². The molecule has 1 unspecified atom stereocenters. The van der Waals surface area contributed by atoms with Crippen LogP contribution in [0.25, 0.3) is 10.2 Å². The van der Waals surface area contributed by atoms with Crippen molar-refractivity contribution in [2.45, 2.75) is 44.7 Å². The number of hydrogen-bond acceptors (Lipinski definition) is 5. The molecule has 1 atom stereocenters. The van der Waals surface area contributed by atoms with Gasteiger partial charge in [-0.3, -0.25) is 19.1 Å². The Morgan fingerprint density at radius 1 is 1.19 bits per heavy atom. The minimum atomic E-state index is -0.238. The number of hydrogen-bond donors (Lipinski definition) is 0. The van der Waals surface area contributed by atoms with E-state index >= 15 is 0 Å². The van der Waals surface area contributed by atoms with Crippen LogP contribution in [0, 0.1) is 5.82 Å². The topological polar surface area (TPSA) is 58.4 Å². The van der Waals surface area contributed by atoms with Gasteiger partial charge in [0.1, 0.15) is 10.6 Å². The number of carbonyl (C=O) groups is 1. The Kier molecular flexibility index (Phi) is 6.06. The van der Waals surface area contributed by atoms with Crippen LogP contribution < -0.4 is 5.56 Å². The highest BCUT2D eigenvalue weighted by molar-refractivity contribution is 7.18. The van der Waals surface area contributed by atoms with E-state index in [4.69, 9.17) is 0 Å². The average Bonchev–Trinajstić information content (AvgIpc) is 3.01. The summed E-state index contributed by atoms with van der Waals surface area (Å²) in [4.78, 5) is 35.4. The Morgan fingerprint density at radius 3 is 2.91 bits per heavy atom. The normalized spacial score (nSPS) is 19.7. The molecule has 1 fully saturated rings. The zero-order valence-electron chi connectivity index (χ0n) is 18.0. The van der Waals surface area contributed by atoms with Crippen LogP contribution in [0.4, 0.5) is 4.39 Å². The van der Waals surface area contributed by atoms with Gasteiger partial charge in [0.05, 0.1) is 11.7 Å². The van der Waals surface area contributed by atoms with Crippen LogP contribution in [-0.4, -0.2) is 58.0 Å². The molecule has 5 rings (SSSR count). The van der Waals surface area contributed by atoms with E-state index in [9.17, 15) is 14.0 Å². The van der Waals surface area contributed by atoms with E-state index in [0.717, 1.165) is 74.1 Å². The maximum Gasteiger partial charge on any atom is 0.262 e. The summed E-state index contributed by atoms with van der Waals surface area (Å²) in [5, 5.41) is 0.752. The maximum absolute atomic E-state index is 14.0. The number of benzene rings is 1. The summed E-state index contributed by atoms with van der Waals surface area (Å²) < 4.78 is 15.6. The summed E-state index contributed by atoms with van der Waals surface area (Å²) >= 11 is 1.64. The van der Waals surface area contributed by atoms with Gasteiger partial charge in [-0.05, 0) is 49.3 Å². The molecule has 1 amide bonds. The van der Waals surface area contributed by atoms with Crippen molar-refractivity contribution in [1.29, 1.82) is 0 Å². The molecule has 0 radical (unpaired) electrons. The lowest BCUT2D eigenvalue weighted by Gasteiger charge is -2.33. The Bertz CT molecular complexity index is 1190. The Hall–Kier alpha value is -2.58. The first kappa shape index (κ1) is 21.3. The number of thiophene rings is 1. The van der Waals surface area contributed by atoms with Crippen LogP contribution >= 0.6 is 11.3 Å². The standard InChI is InChI=1S/C24H27FN4O2S/c25-20-5-2-1-4-17(20)8-11-29-15-26-23-22(24(29)31)19-7-6-18(14-21(19)32-23)28-10-3-9-27(16-30)12-13-28/h1-2,4-5,15-16,18H,3,6-14H2. The van der Waals surface area contributed by atoms with E-state index in [-0.39, 0.29) is 11.4 Å². The smallest absolute Gasteiger partial charge is 0.262 e. The summed E-state index contributed by atoms with van der Waals surface area (Å²) in [7, 11) is 0. The van der Waals surface area contributed by atoms with Gasteiger partial charge in [0.15, 0.2) is 0 Å². The minimum Gasteiger partial charge on any atom is -0.344 e. The molecule has 0 N–H and O–H groups in total. The predicted molar refractivity (Wildman–Crippen MR) is 124 cm³/mol. The first-order valence-electron chi connectivity index (χ1n) is 11.3. The summed E-state index contributed by atoms with van der Waals surface area (Å²) in [5.41, 5.74) is 1.75. The lowest BCUT2D eigenvalue weighted by atomic mass is 9.92. The van der Waals surface area contributed by atoms with Gasteiger partial charge in [0.2, 0.25) is 6.41 Å². The van der Waals surface area contributed by atoms with Gasteiger partial charge in [-0.1, -0.05) is 18.2 Å². The van der Waals surface area contributed by atoms with Crippen LogP contribution in [0.3, 0.4) is 0 Å². The molecule has 1 saturated heterocycles. The highest BCUT2D eigenvalue weighted by Gasteiger charge is 2.29. The molecule has 1 aliphatic heterocycles. The number of rotatable bonds is 5. The molecular weight excluding hydrogens is 427 g/mol. The molecule has 3 aromatic rings. The van der Waals surface area contributed by atoms with Gasteiger partial charge >= 0.3 is 0 Å². The molecule has 2 aromatic heterocycles. The number of amides is 1. The van der Waals surface area contributed by atoms with Crippen molar-refractivity contribution in [3.8, 4) is 0 Å². The molecule has 0 bridgehead atoms. The van der Waals surface area contributed by atoms with E-state index in [0.29, 0.717) is 24.6 Å². The first-order valence-corrected chi connectivity index (χ1v) is 12.1. The quantitative estimate of drug-likeness (QED) is 0.557. The summed E-state index contributed by atoms with van der Waals surface area (Å²) in [6.45, 7) is 3.95. The molecule has 6 nitrogen and oxygen atoms in total. The number of aromatic nitrogens is 2. The Labute approximate surface area is 190 Å². The fourth-order valence-corrected chi connectivity index (χ4v) is 6.27. The van der Waals surface area contributed by atoms with Crippen LogP contribution in [0.2, 0.25) is 0 Å². The van der Waals surface area contributed by atoms with Crippen LogP contribution in [0.5, 0.6) is 0 Å². The van der Waals surface area contributed by atoms with Crippen molar-refractivity contribution >= 4 is 28.0 Å². The van der Waals surface area contributed by atoms with Crippen molar-refractivity contribution in [2.24, 2.45) is 0 Å². The third kappa shape index (κ3) is 4.09. The molecule has 8 heteroatoms. The monoisotopic (exact) mass is 454 g/mol.